The fourth-order valence-electron chi connectivity index (χ4n) is 1.76. The van der Waals surface area contributed by atoms with Crippen molar-refractivity contribution in [1.82, 2.24) is 0 Å². The van der Waals surface area contributed by atoms with Crippen molar-refractivity contribution in [2.75, 3.05) is 19.5 Å². The molecular weight excluding hydrogens is 290 g/mol. The molecular formula is C15H17NO4S. The zero-order valence-corrected chi connectivity index (χ0v) is 13.0. The van der Waals surface area contributed by atoms with Gasteiger partial charge in [-0.25, -0.2) is 4.79 Å². The molecule has 1 aromatic rings. The van der Waals surface area contributed by atoms with E-state index in [2.05, 4.69) is 0 Å². The summed E-state index contributed by atoms with van der Waals surface area (Å²) in [5.74, 6) is -1.27. The summed E-state index contributed by atoms with van der Waals surface area (Å²) in [6.07, 6.45) is 0. The van der Waals surface area contributed by atoms with Crippen LogP contribution in [0.2, 0.25) is 0 Å². The van der Waals surface area contributed by atoms with Gasteiger partial charge in [0.1, 0.15) is 0 Å². The second-order valence-corrected chi connectivity index (χ2v) is 5.30. The van der Waals surface area contributed by atoms with Gasteiger partial charge < -0.3 is 9.47 Å². The van der Waals surface area contributed by atoms with Crippen molar-refractivity contribution < 1.29 is 19.1 Å². The summed E-state index contributed by atoms with van der Waals surface area (Å²) in [5.41, 5.74) is 0.938. The van der Waals surface area contributed by atoms with Crippen LogP contribution < -0.4 is 0 Å². The Kier molecular flexibility index (Phi) is 6.76. The molecule has 5 nitrogen and oxygen atoms in total. The van der Waals surface area contributed by atoms with E-state index in [1.54, 1.807) is 25.1 Å². The zero-order chi connectivity index (χ0) is 15.8. The summed E-state index contributed by atoms with van der Waals surface area (Å²) in [7, 11) is 1.31. The predicted octanol–water partition coefficient (Wildman–Crippen LogP) is 2.76. The number of carbonyl (C=O) groups excluding carboxylic acids is 2. The maximum Gasteiger partial charge on any atom is 0.338 e. The van der Waals surface area contributed by atoms with Crippen molar-refractivity contribution in [3.63, 3.8) is 0 Å². The first-order valence-electron chi connectivity index (χ1n) is 6.50. The molecule has 1 rings (SSSR count). The standard InChI is InChI=1S/C15H17NO4S/c1-4-20-15(18)12(9-16)10-6-7-11(14(17)19-3)13(8-10)21-5-2/h6-8,12H,4-5H2,1-3H3. The highest BCUT2D eigenvalue weighted by atomic mass is 32.2. The number of nitriles is 1. The molecule has 0 saturated carbocycles. The molecule has 0 bridgehead atoms. The Bertz CT molecular complexity index is 565. The molecule has 0 radical (unpaired) electrons. The van der Waals surface area contributed by atoms with Gasteiger partial charge in [0.25, 0.3) is 0 Å². The van der Waals surface area contributed by atoms with Crippen LogP contribution in [-0.2, 0) is 14.3 Å². The first kappa shape index (κ1) is 17.1. The second kappa shape index (κ2) is 8.32. The molecule has 21 heavy (non-hydrogen) atoms. The number of hydrogen-bond acceptors (Lipinski definition) is 6. The Morgan fingerprint density at radius 3 is 2.62 bits per heavy atom. The van der Waals surface area contributed by atoms with E-state index in [-0.39, 0.29) is 6.61 Å². The van der Waals surface area contributed by atoms with Gasteiger partial charge >= 0.3 is 11.9 Å². The van der Waals surface area contributed by atoms with Crippen LogP contribution in [-0.4, -0.2) is 31.4 Å². The van der Waals surface area contributed by atoms with Crippen LogP contribution in [0, 0.1) is 11.3 Å². The average molecular weight is 307 g/mol. The number of carbonyl (C=O) groups is 2. The molecule has 6 heteroatoms. The quantitative estimate of drug-likeness (QED) is 0.594. The molecule has 0 aromatic heterocycles. The lowest BCUT2D eigenvalue weighted by Crippen LogP contribution is -2.15. The number of methoxy groups -OCH3 is 1. The fraction of sp³-hybridized carbons (Fsp3) is 0.400. The monoisotopic (exact) mass is 307 g/mol. The van der Waals surface area contributed by atoms with Crippen molar-refractivity contribution in [3.05, 3.63) is 29.3 Å². The van der Waals surface area contributed by atoms with Gasteiger partial charge in [0, 0.05) is 4.90 Å². The third-order valence-electron chi connectivity index (χ3n) is 2.70. The third kappa shape index (κ3) is 4.23. The lowest BCUT2D eigenvalue weighted by molar-refractivity contribution is -0.143. The van der Waals surface area contributed by atoms with E-state index in [1.807, 2.05) is 13.0 Å². The number of benzene rings is 1. The lowest BCUT2D eigenvalue weighted by Gasteiger charge is -2.12. The van der Waals surface area contributed by atoms with Crippen LogP contribution in [0.3, 0.4) is 0 Å². The third-order valence-corrected chi connectivity index (χ3v) is 3.63. The van der Waals surface area contributed by atoms with Crippen LogP contribution in [0.25, 0.3) is 0 Å². The normalized spacial score (nSPS) is 11.3. The van der Waals surface area contributed by atoms with Crippen molar-refractivity contribution in [2.24, 2.45) is 0 Å². The Morgan fingerprint density at radius 1 is 1.38 bits per heavy atom. The number of thioether (sulfide) groups is 1. The zero-order valence-electron chi connectivity index (χ0n) is 12.2. The molecule has 0 aliphatic rings. The van der Waals surface area contributed by atoms with Gasteiger partial charge in [-0.05, 0) is 30.4 Å². The number of esters is 2. The highest BCUT2D eigenvalue weighted by molar-refractivity contribution is 7.99. The Labute approximate surface area is 128 Å². The fourth-order valence-corrected chi connectivity index (χ4v) is 2.60. The lowest BCUT2D eigenvalue weighted by atomic mass is 9.99. The van der Waals surface area contributed by atoms with E-state index < -0.39 is 17.9 Å². The molecule has 0 fully saturated rings. The summed E-state index contributed by atoms with van der Waals surface area (Å²) >= 11 is 1.45. The minimum atomic E-state index is -0.993. The second-order valence-electron chi connectivity index (χ2n) is 3.99. The summed E-state index contributed by atoms with van der Waals surface area (Å²) < 4.78 is 9.62. The molecule has 0 heterocycles. The number of hydrogen-bond donors (Lipinski definition) is 0. The molecule has 0 saturated heterocycles. The van der Waals surface area contributed by atoms with Crippen LogP contribution in [0.5, 0.6) is 0 Å². The molecule has 0 aliphatic heterocycles. The maximum atomic E-state index is 11.8. The van der Waals surface area contributed by atoms with Gasteiger partial charge in [0.15, 0.2) is 5.92 Å². The van der Waals surface area contributed by atoms with E-state index in [1.165, 1.54) is 18.9 Å². The molecule has 112 valence electrons. The smallest absolute Gasteiger partial charge is 0.338 e. The van der Waals surface area contributed by atoms with Gasteiger partial charge in [-0.3, -0.25) is 4.79 Å². The predicted molar refractivity (Wildman–Crippen MR) is 79.2 cm³/mol. The van der Waals surface area contributed by atoms with Crippen LogP contribution in [0.1, 0.15) is 35.7 Å². The Hall–Kier alpha value is -2.00. The highest BCUT2D eigenvalue weighted by Gasteiger charge is 2.23. The summed E-state index contributed by atoms with van der Waals surface area (Å²) in [5, 5.41) is 9.17. The molecule has 1 unspecified atom stereocenters. The Balaban J connectivity index is 3.20. The average Bonchev–Trinajstić information content (AvgIpc) is 2.48. The molecule has 0 aliphatic carbocycles. The first-order valence-corrected chi connectivity index (χ1v) is 7.48. The number of rotatable bonds is 6. The number of ether oxygens (including phenoxy) is 2. The minimum Gasteiger partial charge on any atom is -0.465 e. The van der Waals surface area contributed by atoms with Crippen molar-refractivity contribution in [1.29, 1.82) is 5.26 Å². The van der Waals surface area contributed by atoms with Crippen molar-refractivity contribution >= 4 is 23.7 Å². The summed E-state index contributed by atoms with van der Waals surface area (Å²) in [6.45, 7) is 3.85. The first-order chi connectivity index (χ1) is 10.1. The molecule has 0 amide bonds. The van der Waals surface area contributed by atoms with Gasteiger partial charge in [0.05, 0.1) is 25.3 Å². The van der Waals surface area contributed by atoms with Crippen molar-refractivity contribution in [2.45, 2.75) is 24.7 Å². The van der Waals surface area contributed by atoms with Gasteiger partial charge in [0.2, 0.25) is 0 Å². The minimum absolute atomic E-state index is 0.216. The molecule has 1 aromatic carbocycles. The van der Waals surface area contributed by atoms with Gasteiger partial charge in [-0.1, -0.05) is 13.0 Å². The number of nitrogens with zero attached hydrogens (tertiary/aromatic N) is 1. The molecule has 0 N–H and O–H groups in total. The summed E-state index contributed by atoms with van der Waals surface area (Å²) in [4.78, 5) is 24.2. The van der Waals surface area contributed by atoms with E-state index >= 15 is 0 Å². The topological polar surface area (TPSA) is 76.4 Å². The van der Waals surface area contributed by atoms with E-state index in [4.69, 9.17) is 9.47 Å². The Morgan fingerprint density at radius 2 is 2.10 bits per heavy atom. The van der Waals surface area contributed by atoms with E-state index in [9.17, 15) is 14.9 Å². The highest BCUT2D eigenvalue weighted by Crippen LogP contribution is 2.28. The largest absolute Gasteiger partial charge is 0.465 e. The van der Waals surface area contributed by atoms with E-state index in [0.717, 1.165) is 5.75 Å². The van der Waals surface area contributed by atoms with Gasteiger partial charge in [-0.2, -0.15) is 5.26 Å². The van der Waals surface area contributed by atoms with Crippen LogP contribution in [0.4, 0.5) is 0 Å². The van der Waals surface area contributed by atoms with Crippen LogP contribution in [0.15, 0.2) is 23.1 Å². The summed E-state index contributed by atoms with van der Waals surface area (Å²) in [6, 6.07) is 6.76. The van der Waals surface area contributed by atoms with Crippen molar-refractivity contribution in [3.8, 4) is 6.07 Å². The molecule has 1 atom stereocenters. The van der Waals surface area contributed by atoms with Gasteiger partial charge in [-0.15, -0.1) is 11.8 Å². The SMILES string of the molecule is CCOC(=O)C(C#N)c1ccc(C(=O)OC)c(SCC)c1. The maximum absolute atomic E-state index is 11.8. The van der Waals surface area contributed by atoms with Crippen LogP contribution >= 0.6 is 11.8 Å². The van der Waals surface area contributed by atoms with E-state index in [0.29, 0.717) is 16.0 Å². The molecule has 0 spiro atoms.